The monoisotopic (exact) mass is 294 g/mol. The van der Waals surface area contributed by atoms with E-state index in [1.807, 2.05) is 23.3 Å². The van der Waals surface area contributed by atoms with Crippen LogP contribution in [0.25, 0.3) is 0 Å². The van der Waals surface area contributed by atoms with Crippen LogP contribution in [0.15, 0.2) is 17.5 Å². The fraction of sp³-hybridized carbons (Fsp3) is 0.600. The number of nitrogens with one attached hydrogen (secondary N) is 1. The Bertz CT molecular complexity index is 458. The molecule has 0 radical (unpaired) electrons. The Labute approximate surface area is 124 Å². The van der Waals surface area contributed by atoms with Crippen LogP contribution in [-0.4, -0.2) is 29.3 Å². The van der Waals surface area contributed by atoms with Gasteiger partial charge in [0.05, 0.1) is 6.04 Å². The minimum Gasteiger partial charge on any atom is -0.344 e. The Kier molecular flexibility index (Phi) is 5.17. The van der Waals surface area contributed by atoms with Gasteiger partial charge in [0.25, 0.3) is 0 Å². The van der Waals surface area contributed by atoms with Gasteiger partial charge in [-0.2, -0.15) is 0 Å². The highest BCUT2D eigenvalue weighted by molar-refractivity contribution is 7.10. The molecule has 1 aliphatic heterocycles. The van der Waals surface area contributed by atoms with Gasteiger partial charge in [-0.05, 0) is 24.3 Å². The van der Waals surface area contributed by atoms with Crippen molar-refractivity contribution in [3.63, 3.8) is 0 Å². The quantitative estimate of drug-likeness (QED) is 0.907. The zero-order valence-electron chi connectivity index (χ0n) is 12.1. The first-order chi connectivity index (χ1) is 9.67. The van der Waals surface area contributed by atoms with Crippen molar-refractivity contribution >= 4 is 23.2 Å². The van der Waals surface area contributed by atoms with Gasteiger partial charge in [0.15, 0.2) is 0 Å². The van der Waals surface area contributed by atoms with Crippen LogP contribution in [0, 0.1) is 0 Å². The fourth-order valence-electron chi connectivity index (χ4n) is 2.65. The molecule has 1 aromatic heterocycles. The van der Waals surface area contributed by atoms with Crippen molar-refractivity contribution in [1.29, 1.82) is 0 Å². The molecule has 2 atom stereocenters. The van der Waals surface area contributed by atoms with Gasteiger partial charge in [0.1, 0.15) is 6.04 Å². The van der Waals surface area contributed by atoms with Crippen LogP contribution in [0.3, 0.4) is 0 Å². The van der Waals surface area contributed by atoms with Gasteiger partial charge < -0.3 is 10.2 Å². The summed E-state index contributed by atoms with van der Waals surface area (Å²) < 4.78 is 0. The van der Waals surface area contributed by atoms with Gasteiger partial charge in [0, 0.05) is 17.8 Å². The van der Waals surface area contributed by atoms with Crippen LogP contribution in [0.1, 0.15) is 50.4 Å². The number of carbonyl (C=O) groups excluding carboxylic acids is 2. The number of rotatable bonds is 5. The average Bonchev–Trinajstić information content (AvgIpc) is 2.92. The second-order valence-corrected chi connectivity index (χ2v) is 6.11. The summed E-state index contributed by atoms with van der Waals surface area (Å²) in [6, 6.07) is 3.84. The van der Waals surface area contributed by atoms with Gasteiger partial charge in [-0.3, -0.25) is 9.59 Å². The van der Waals surface area contributed by atoms with Crippen LogP contribution in [0.5, 0.6) is 0 Å². The molecule has 0 bridgehead atoms. The van der Waals surface area contributed by atoms with Crippen LogP contribution in [0.4, 0.5) is 0 Å². The molecule has 4 nitrogen and oxygen atoms in total. The first-order valence-electron chi connectivity index (χ1n) is 7.30. The molecule has 2 rings (SSSR count). The number of thiophene rings is 1. The van der Waals surface area contributed by atoms with Crippen molar-refractivity contribution < 1.29 is 9.59 Å². The highest BCUT2D eigenvalue weighted by atomic mass is 32.1. The summed E-state index contributed by atoms with van der Waals surface area (Å²) in [4.78, 5) is 27.5. The fourth-order valence-corrected chi connectivity index (χ4v) is 3.53. The van der Waals surface area contributed by atoms with E-state index in [1.54, 1.807) is 11.3 Å². The third-order valence-electron chi connectivity index (χ3n) is 3.71. The van der Waals surface area contributed by atoms with Crippen molar-refractivity contribution in [1.82, 2.24) is 10.2 Å². The minimum absolute atomic E-state index is 0.0193. The summed E-state index contributed by atoms with van der Waals surface area (Å²) >= 11 is 1.68. The molecule has 1 saturated heterocycles. The van der Waals surface area contributed by atoms with Crippen molar-refractivity contribution in [3.8, 4) is 0 Å². The van der Waals surface area contributed by atoms with Gasteiger partial charge in [-0.1, -0.05) is 26.3 Å². The second-order valence-electron chi connectivity index (χ2n) is 5.13. The molecule has 1 aliphatic rings. The minimum atomic E-state index is -0.371. The molecule has 1 N–H and O–H groups in total. The van der Waals surface area contributed by atoms with E-state index in [9.17, 15) is 9.59 Å². The maximum absolute atomic E-state index is 12.6. The Balaban J connectivity index is 2.26. The number of hydrogen-bond acceptors (Lipinski definition) is 3. The topological polar surface area (TPSA) is 49.4 Å². The van der Waals surface area contributed by atoms with Crippen LogP contribution < -0.4 is 5.32 Å². The standard InChI is InChI=1S/C15H22N2O2S/c1-3-6-12(13-7-5-10-20-13)17-9-8-14(18)16-11(4-2)15(17)19/h5,7,10-12H,3-4,6,8-9H2,1-2H3,(H,16,18). The van der Waals surface area contributed by atoms with E-state index in [-0.39, 0.29) is 23.9 Å². The van der Waals surface area contributed by atoms with Crippen LogP contribution in [0.2, 0.25) is 0 Å². The largest absolute Gasteiger partial charge is 0.344 e. The summed E-state index contributed by atoms with van der Waals surface area (Å²) in [7, 11) is 0. The number of hydrogen-bond donors (Lipinski definition) is 1. The van der Waals surface area contributed by atoms with E-state index >= 15 is 0 Å². The molecule has 0 spiro atoms. The van der Waals surface area contributed by atoms with Gasteiger partial charge in [-0.25, -0.2) is 0 Å². The predicted molar refractivity (Wildman–Crippen MR) is 80.5 cm³/mol. The summed E-state index contributed by atoms with van der Waals surface area (Å²) in [5, 5.41) is 4.87. The summed E-state index contributed by atoms with van der Waals surface area (Å²) in [6.45, 7) is 4.58. The van der Waals surface area contributed by atoms with Gasteiger partial charge in [0.2, 0.25) is 11.8 Å². The Morgan fingerprint density at radius 2 is 2.25 bits per heavy atom. The number of carbonyl (C=O) groups is 2. The Morgan fingerprint density at radius 1 is 1.45 bits per heavy atom. The Hall–Kier alpha value is -1.36. The predicted octanol–water partition coefficient (Wildman–Crippen LogP) is 2.72. The summed E-state index contributed by atoms with van der Waals surface area (Å²) in [5.41, 5.74) is 0. The van der Waals surface area contributed by atoms with Crippen molar-refractivity contribution in [2.24, 2.45) is 0 Å². The van der Waals surface area contributed by atoms with Crippen molar-refractivity contribution in [2.45, 2.75) is 51.6 Å². The first kappa shape index (κ1) is 15.0. The molecule has 2 unspecified atom stereocenters. The molecule has 1 aromatic rings. The lowest BCUT2D eigenvalue weighted by Crippen LogP contribution is -2.45. The summed E-state index contributed by atoms with van der Waals surface area (Å²) in [6.07, 6.45) is 3.00. The maximum atomic E-state index is 12.6. The normalized spacial score (nSPS) is 21.5. The summed E-state index contributed by atoms with van der Waals surface area (Å²) in [5.74, 6) is 0.0410. The number of amides is 2. The highest BCUT2D eigenvalue weighted by Crippen LogP contribution is 2.31. The maximum Gasteiger partial charge on any atom is 0.245 e. The molecule has 1 fully saturated rings. The lowest BCUT2D eigenvalue weighted by atomic mass is 10.1. The van der Waals surface area contributed by atoms with Crippen LogP contribution >= 0.6 is 11.3 Å². The SMILES string of the molecule is CCCC(c1cccs1)N1CCC(=O)NC(CC)C1=O. The van der Waals surface area contributed by atoms with Crippen molar-refractivity contribution in [2.75, 3.05) is 6.54 Å². The van der Waals surface area contributed by atoms with E-state index in [1.165, 1.54) is 4.88 Å². The second kappa shape index (κ2) is 6.88. The molecule has 2 amide bonds. The average molecular weight is 294 g/mol. The molecule has 2 heterocycles. The molecule has 110 valence electrons. The van der Waals surface area contributed by atoms with Gasteiger partial charge >= 0.3 is 0 Å². The van der Waals surface area contributed by atoms with Crippen LogP contribution in [-0.2, 0) is 9.59 Å². The lowest BCUT2D eigenvalue weighted by molar-refractivity contribution is -0.135. The van der Waals surface area contributed by atoms with Gasteiger partial charge in [-0.15, -0.1) is 11.3 Å². The first-order valence-corrected chi connectivity index (χ1v) is 8.18. The molecular weight excluding hydrogens is 272 g/mol. The van der Waals surface area contributed by atoms with E-state index in [4.69, 9.17) is 0 Å². The number of nitrogens with zero attached hydrogens (tertiary/aromatic N) is 1. The smallest absolute Gasteiger partial charge is 0.245 e. The zero-order chi connectivity index (χ0) is 14.5. The van der Waals surface area contributed by atoms with Crippen molar-refractivity contribution in [3.05, 3.63) is 22.4 Å². The van der Waals surface area contributed by atoms with E-state index in [2.05, 4.69) is 18.3 Å². The molecular formula is C15H22N2O2S. The molecule has 5 heteroatoms. The van der Waals surface area contributed by atoms with E-state index in [0.717, 1.165) is 12.8 Å². The zero-order valence-corrected chi connectivity index (χ0v) is 12.9. The lowest BCUT2D eigenvalue weighted by Gasteiger charge is -2.31. The van der Waals surface area contributed by atoms with E-state index < -0.39 is 0 Å². The van der Waals surface area contributed by atoms with E-state index in [0.29, 0.717) is 19.4 Å². The molecule has 0 aromatic carbocycles. The highest BCUT2D eigenvalue weighted by Gasteiger charge is 2.33. The third kappa shape index (κ3) is 3.20. The molecule has 0 aliphatic carbocycles. The third-order valence-corrected chi connectivity index (χ3v) is 4.69. The molecule has 0 saturated carbocycles. The Morgan fingerprint density at radius 3 is 2.85 bits per heavy atom. The molecule has 20 heavy (non-hydrogen) atoms.